The van der Waals surface area contributed by atoms with Gasteiger partial charge in [-0.3, -0.25) is 0 Å². The molecule has 0 saturated carbocycles. The normalized spacial score (nSPS) is 14.0. The first-order valence-corrected chi connectivity index (χ1v) is 5.74. The van der Waals surface area contributed by atoms with E-state index in [1.807, 2.05) is 25.2 Å². The molecule has 0 spiro atoms. The van der Waals surface area contributed by atoms with Crippen molar-refractivity contribution in [3.8, 4) is 0 Å². The topological polar surface area (TPSA) is 12.0 Å². The number of benzene rings is 1. The molecule has 0 aromatic heterocycles. The summed E-state index contributed by atoms with van der Waals surface area (Å²) in [7, 11) is 1.93. The molecule has 1 rings (SSSR count). The van der Waals surface area contributed by atoms with Crippen LogP contribution in [-0.4, -0.2) is 7.05 Å². The molecule has 0 heterocycles. The number of halogens is 2. The second kappa shape index (κ2) is 4.73. The predicted octanol–water partition coefficient (Wildman–Crippen LogP) is 4.30. The lowest BCUT2D eigenvalue weighted by Crippen LogP contribution is -2.30. The van der Waals surface area contributed by atoms with E-state index in [0.717, 1.165) is 15.6 Å². The van der Waals surface area contributed by atoms with E-state index in [0.29, 0.717) is 0 Å². The highest BCUT2D eigenvalue weighted by Gasteiger charge is 2.28. The highest BCUT2D eigenvalue weighted by molar-refractivity contribution is 6.36. The Morgan fingerprint density at radius 2 is 1.60 bits per heavy atom. The molecule has 1 atom stereocenters. The van der Waals surface area contributed by atoms with Gasteiger partial charge in [0, 0.05) is 21.7 Å². The molecule has 84 valence electrons. The molecule has 0 amide bonds. The summed E-state index contributed by atoms with van der Waals surface area (Å²) in [4.78, 5) is 0. The number of nitrogens with one attached hydrogen (secondary N) is 1. The molecule has 0 bridgehead atoms. The van der Waals surface area contributed by atoms with Gasteiger partial charge in [0.25, 0.3) is 0 Å². The van der Waals surface area contributed by atoms with Crippen LogP contribution < -0.4 is 5.32 Å². The third kappa shape index (κ3) is 2.87. The van der Waals surface area contributed by atoms with Crippen molar-refractivity contribution in [1.82, 2.24) is 5.32 Å². The molecule has 1 N–H and O–H groups in total. The molecule has 0 aliphatic heterocycles. The summed E-state index contributed by atoms with van der Waals surface area (Å²) in [5.41, 5.74) is 1.06. The number of hydrogen-bond donors (Lipinski definition) is 1. The predicted molar refractivity (Wildman–Crippen MR) is 67.7 cm³/mol. The molecule has 1 aromatic rings. The zero-order chi connectivity index (χ0) is 11.6. The molecule has 0 fully saturated rings. The van der Waals surface area contributed by atoms with Crippen molar-refractivity contribution >= 4 is 23.2 Å². The van der Waals surface area contributed by atoms with Gasteiger partial charge in [-0.1, -0.05) is 50.0 Å². The fourth-order valence-corrected chi connectivity index (χ4v) is 2.41. The Hall–Kier alpha value is -0.240. The summed E-state index contributed by atoms with van der Waals surface area (Å²) in [6.07, 6.45) is 0. The van der Waals surface area contributed by atoms with Gasteiger partial charge in [-0.25, -0.2) is 0 Å². The summed E-state index contributed by atoms with van der Waals surface area (Å²) < 4.78 is 0. The van der Waals surface area contributed by atoms with Crippen LogP contribution in [0, 0.1) is 5.41 Å². The minimum Gasteiger partial charge on any atom is -0.312 e. The van der Waals surface area contributed by atoms with E-state index < -0.39 is 0 Å². The van der Waals surface area contributed by atoms with E-state index in [-0.39, 0.29) is 11.5 Å². The van der Waals surface area contributed by atoms with Crippen molar-refractivity contribution in [3.63, 3.8) is 0 Å². The number of rotatable bonds is 2. The SMILES string of the molecule is CNC(c1c(Cl)cccc1Cl)C(C)(C)C. The second-order valence-corrected chi connectivity index (χ2v) is 5.54. The molecule has 1 aromatic carbocycles. The largest absolute Gasteiger partial charge is 0.312 e. The average Bonchev–Trinajstić information content (AvgIpc) is 2.09. The van der Waals surface area contributed by atoms with Crippen LogP contribution in [0.1, 0.15) is 32.4 Å². The van der Waals surface area contributed by atoms with Crippen LogP contribution in [0.25, 0.3) is 0 Å². The van der Waals surface area contributed by atoms with Crippen LogP contribution in [0.5, 0.6) is 0 Å². The van der Waals surface area contributed by atoms with Gasteiger partial charge in [0.15, 0.2) is 0 Å². The third-order valence-corrected chi connectivity index (χ3v) is 3.10. The van der Waals surface area contributed by atoms with E-state index in [9.17, 15) is 0 Å². The van der Waals surface area contributed by atoms with Gasteiger partial charge in [-0.15, -0.1) is 0 Å². The first kappa shape index (κ1) is 12.8. The molecule has 0 radical (unpaired) electrons. The summed E-state index contributed by atoms with van der Waals surface area (Å²) in [6, 6.07) is 5.76. The highest BCUT2D eigenvalue weighted by Crippen LogP contribution is 2.39. The van der Waals surface area contributed by atoms with Gasteiger partial charge in [-0.05, 0) is 24.6 Å². The average molecular weight is 246 g/mol. The summed E-state index contributed by atoms with van der Waals surface area (Å²) in [5, 5.41) is 4.71. The molecule has 0 aliphatic carbocycles. The lowest BCUT2D eigenvalue weighted by Gasteiger charge is -2.32. The molecule has 1 unspecified atom stereocenters. The minimum atomic E-state index is 0.0728. The van der Waals surface area contributed by atoms with Crippen molar-refractivity contribution in [3.05, 3.63) is 33.8 Å². The monoisotopic (exact) mass is 245 g/mol. The Labute approximate surface area is 102 Å². The zero-order valence-corrected chi connectivity index (χ0v) is 11.1. The molecule has 15 heavy (non-hydrogen) atoms. The molecule has 0 aliphatic rings. The molecular formula is C12H17Cl2N. The summed E-state index contributed by atoms with van der Waals surface area (Å²) in [6.45, 7) is 6.48. The van der Waals surface area contributed by atoms with E-state index in [1.54, 1.807) is 0 Å². The summed E-state index contributed by atoms with van der Waals surface area (Å²) in [5.74, 6) is 0. The van der Waals surface area contributed by atoms with E-state index in [1.165, 1.54) is 0 Å². The Morgan fingerprint density at radius 3 is 1.93 bits per heavy atom. The molecule has 1 nitrogen and oxygen atoms in total. The standard InChI is InChI=1S/C12H17Cl2N/c1-12(2,3)11(15-4)10-8(13)6-5-7-9(10)14/h5-7,11,15H,1-4H3. The first-order chi connectivity index (χ1) is 6.88. The van der Waals surface area contributed by atoms with Crippen LogP contribution >= 0.6 is 23.2 Å². The van der Waals surface area contributed by atoms with Crippen LogP contribution in [-0.2, 0) is 0 Å². The van der Waals surface area contributed by atoms with Gasteiger partial charge in [0.05, 0.1) is 0 Å². The third-order valence-electron chi connectivity index (χ3n) is 2.44. The summed E-state index contributed by atoms with van der Waals surface area (Å²) >= 11 is 12.4. The lowest BCUT2D eigenvalue weighted by atomic mass is 9.82. The maximum Gasteiger partial charge on any atom is 0.0468 e. The zero-order valence-electron chi connectivity index (χ0n) is 9.57. The van der Waals surface area contributed by atoms with Crippen LogP contribution in [0.4, 0.5) is 0 Å². The van der Waals surface area contributed by atoms with Gasteiger partial charge in [0.2, 0.25) is 0 Å². The van der Waals surface area contributed by atoms with Crippen molar-refractivity contribution in [2.45, 2.75) is 26.8 Å². The lowest BCUT2D eigenvalue weighted by molar-refractivity contribution is 0.287. The fraction of sp³-hybridized carbons (Fsp3) is 0.500. The molecule has 0 saturated heterocycles. The van der Waals surface area contributed by atoms with Gasteiger partial charge in [0.1, 0.15) is 0 Å². The van der Waals surface area contributed by atoms with Crippen molar-refractivity contribution in [2.24, 2.45) is 5.41 Å². The van der Waals surface area contributed by atoms with Crippen LogP contribution in [0.2, 0.25) is 10.0 Å². The van der Waals surface area contributed by atoms with Crippen molar-refractivity contribution < 1.29 is 0 Å². The Balaban J connectivity index is 3.24. The van der Waals surface area contributed by atoms with Gasteiger partial charge >= 0.3 is 0 Å². The Kier molecular flexibility index (Phi) is 4.05. The van der Waals surface area contributed by atoms with E-state index in [4.69, 9.17) is 23.2 Å². The maximum atomic E-state index is 6.18. The van der Waals surface area contributed by atoms with Crippen molar-refractivity contribution in [2.75, 3.05) is 7.05 Å². The Morgan fingerprint density at radius 1 is 1.13 bits per heavy atom. The first-order valence-electron chi connectivity index (χ1n) is 4.99. The molecule has 3 heteroatoms. The van der Waals surface area contributed by atoms with Crippen molar-refractivity contribution in [1.29, 1.82) is 0 Å². The highest BCUT2D eigenvalue weighted by atomic mass is 35.5. The van der Waals surface area contributed by atoms with E-state index >= 15 is 0 Å². The fourth-order valence-electron chi connectivity index (χ4n) is 1.80. The van der Waals surface area contributed by atoms with Crippen LogP contribution in [0.3, 0.4) is 0 Å². The number of hydrogen-bond acceptors (Lipinski definition) is 1. The second-order valence-electron chi connectivity index (χ2n) is 4.72. The quantitative estimate of drug-likeness (QED) is 0.820. The van der Waals surface area contributed by atoms with Crippen LogP contribution in [0.15, 0.2) is 18.2 Å². The minimum absolute atomic E-state index is 0.0728. The van der Waals surface area contributed by atoms with Gasteiger partial charge in [-0.2, -0.15) is 0 Å². The smallest absolute Gasteiger partial charge is 0.0468 e. The molecular weight excluding hydrogens is 229 g/mol. The van der Waals surface area contributed by atoms with Gasteiger partial charge < -0.3 is 5.32 Å². The maximum absolute atomic E-state index is 6.18. The Bertz CT molecular complexity index is 322. The van der Waals surface area contributed by atoms with E-state index in [2.05, 4.69) is 26.1 Å².